The van der Waals surface area contributed by atoms with Crippen molar-refractivity contribution in [3.63, 3.8) is 0 Å². The van der Waals surface area contributed by atoms with Gasteiger partial charge in [-0.2, -0.15) is 0 Å². The molecule has 0 atom stereocenters. The molecule has 0 heterocycles. The molecule has 1 aliphatic rings. The van der Waals surface area contributed by atoms with Gasteiger partial charge in [0, 0.05) is 0 Å². The minimum atomic E-state index is -0.255. The van der Waals surface area contributed by atoms with E-state index in [2.05, 4.69) is 6.92 Å². The Kier molecular flexibility index (Phi) is 2.12. The van der Waals surface area contributed by atoms with Gasteiger partial charge in [-0.3, -0.25) is 0 Å². The van der Waals surface area contributed by atoms with Crippen LogP contribution in [0.15, 0.2) is 0 Å². The molecule has 1 N–H and O–H groups in total. The molecule has 0 bridgehead atoms. The Morgan fingerprint density at radius 2 is 1.89 bits per heavy atom. The zero-order valence-electron chi connectivity index (χ0n) is 6.19. The fourth-order valence-electron chi connectivity index (χ4n) is 1.75. The molecule has 0 aromatic carbocycles. The Labute approximate surface area is 57.1 Å². The first kappa shape index (κ1) is 7.07. The van der Waals surface area contributed by atoms with Crippen molar-refractivity contribution in [1.29, 1.82) is 0 Å². The van der Waals surface area contributed by atoms with Crippen molar-refractivity contribution in [3.8, 4) is 0 Å². The van der Waals surface area contributed by atoms with Crippen LogP contribution in [0.2, 0.25) is 0 Å². The van der Waals surface area contributed by atoms with Crippen LogP contribution < -0.4 is 0 Å². The topological polar surface area (TPSA) is 20.2 Å². The van der Waals surface area contributed by atoms with Crippen LogP contribution in [0.25, 0.3) is 0 Å². The van der Waals surface area contributed by atoms with Gasteiger partial charge in [0.1, 0.15) is 0 Å². The Bertz CT molecular complexity index is 82.6. The summed E-state index contributed by atoms with van der Waals surface area (Å²) in [5, 5.41) is 9.69. The highest BCUT2D eigenvalue weighted by Gasteiger charge is 2.29. The summed E-state index contributed by atoms with van der Waals surface area (Å²) in [6.07, 6.45) is 6.68. The Balaban J connectivity index is 2.32. The summed E-state index contributed by atoms with van der Waals surface area (Å²) >= 11 is 0. The average Bonchev–Trinajstić information content (AvgIpc) is 2.16. The van der Waals surface area contributed by atoms with E-state index in [1.165, 1.54) is 12.8 Å². The van der Waals surface area contributed by atoms with Crippen molar-refractivity contribution >= 4 is 0 Å². The smallest absolute Gasteiger partial charge is 0.0647 e. The van der Waals surface area contributed by atoms with Crippen LogP contribution >= 0.6 is 0 Å². The molecule has 1 saturated carbocycles. The van der Waals surface area contributed by atoms with Crippen molar-refractivity contribution in [3.05, 3.63) is 0 Å². The second kappa shape index (κ2) is 2.70. The summed E-state index contributed by atoms with van der Waals surface area (Å²) in [6.45, 7) is 2.14. The van der Waals surface area contributed by atoms with Gasteiger partial charge in [0.2, 0.25) is 0 Å². The van der Waals surface area contributed by atoms with E-state index in [0.29, 0.717) is 0 Å². The molecule has 1 heteroatoms. The Morgan fingerprint density at radius 1 is 1.33 bits per heavy atom. The zero-order valence-corrected chi connectivity index (χ0v) is 6.19. The quantitative estimate of drug-likeness (QED) is 0.603. The largest absolute Gasteiger partial charge is 0.390 e. The summed E-state index contributed by atoms with van der Waals surface area (Å²) in [5.74, 6) is 0. The normalized spacial score (nSPS) is 24.7. The van der Waals surface area contributed by atoms with Gasteiger partial charge in [-0.05, 0) is 19.3 Å². The van der Waals surface area contributed by atoms with E-state index in [1.807, 2.05) is 0 Å². The van der Waals surface area contributed by atoms with Gasteiger partial charge in [0.25, 0.3) is 0 Å². The van der Waals surface area contributed by atoms with Crippen molar-refractivity contribution in [2.45, 2.75) is 51.0 Å². The predicted molar refractivity (Wildman–Crippen MR) is 38.3 cm³/mol. The van der Waals surface area contributed by atoms with Crippen molar-refractivity contribution < 1.29 is 5.11 Å². The van der Waals surface area contributed by atoms with Crippen molar-refractivity contribution in [2.24, 2.45) is 0 Å². The second-order valence-electron chi connectivity index (χ2n) is 3.18. The molecule has 0 radical (unpaired) electrons. The number of hydrogen-bond donors (Lipinski definition) is 1. The molecule has 0 amide bonds. The first-order valence-electron chi connectivity index (χ1n) is 3.99. The van der Waals surface area contributed by atoms with Gasteiger partial charge in [-0.1, -0.05) is 26.2 Å². The maximum Gasteiger partial charge on any atom is 0.0647 e. The lowest BCUT2D eigenvalue weighted by Crippen LogP contribution is -2.22. The molecule has 0 aliphatic heterocycles. The molecule has 0 aromatic rings. The molecule has 0 spiro atoms. The van der Waals surface area contributed by atoms with E-state index in [1.54, 1.807) is 0 Å². The molecule has 1 rings (SSSR count). The third kappa shape index (κ3) is 1.68. The van der Waals surface area contributed by atoms with Crippen LogP contribution in [-0.4, -0.2) is 10.7 Å². The highest BCUT2D eigenvalue weighted by Crippen LogP contribution is 2.32. The Morgan fingerprint density at radius 3 is 2.33 bits per heavy atom. The molecular formula is C8H16O. The average molecular weight is 128 g/mol. The molecule has 9 heavy (non-hydrogen) atoms. The standard InChI is InChI=1S/C8H16O/c1-2-5-8(9)6-3-4-7-8/h9H,2-7H2,1H3. The lowest BCUT2D eigenvalue weighted by molar-refractivity contribution is 0.0381. The molecule has 54 valence electrons. The monoisotopic (exact) mass is 128 g/mol. The summed E-state index contributed by atoms with van der Waals surface area (Å²) < 4.78 is 0. The number of rotatable bonds is 2. The third-order valence-electron chi connectivity index (χ3n) is 2.25. The Hall–Kier alpha value is -0.0400. The molecule has 0 aromatic heterocycles. The summed E-state index contributed by atoms with van der Waals surface area (Å²) in [5.41, 5.74) is -0.255. The lowest BCUT2D eigenvalue weighted by atomic mass is 9.97. The third-order valence-corrected chi connectivity index (χ3v) is 2.25. The fraction of sp³-hybridized carbons (Fsp3) is 1.00. The van der Waals surface area contributed by atoms with Crippen LogP contribution in [0, 0.1) is 0 Å². The minimum Gasteiger partial charge on any atom is -0.390 e. The predicted octanol–water partition coefficient (Wildman–Crippen LogP) is 2.09. The van der Waals surface area contributed by atoms with Gasteiger partial charge in [-0.15, -0.1) is 0 Å². The van der Waals surface area contributed by atoms with Crippen LogP contribution in [-0.2, 0) is 0 Å². The van der Waals surface area contributed by atoms with Crippen molar-refractivity contribution in [2.75, 3.05) is 0 Å². The first-order chi connectivity index (χ1) is 4.27. The molecule has 0 saturated heterocycles. The van der Waals surface area contributed by atoms with Crippen LogP contribution in [0.3, 0.4) is 0 Å². The summed E-state index contributed by atoms with van der Waals surface area (Å²) in [4.78, 5) is 0. The van der Waals surface area contributed by atoms with E-state index < -0.39 is 0 Å². The van der Waals surface area contributed by atoms with Crippen LogP contribution in [0.1, 0.15) is 45.4 Å². The van der Waals surface area contributed by atoms with Gasteiger partial charge in [0.15, 0.2) is 0 Å². The lowest BCUT2D eigenvalue weighted by Gasteiger charge is -2.20. The molecular weight excluding hydrogens is 112 g/mol. The van der Waals surface area contributed by atoms with E-state index >= 15 is 0 Å². The maximum absolute atomic E-state index is 9.69. The van der Waals surface area contributed by atoms with Gasteiger partial charge >= 0.3 is 0 Å². The second-order valence-corrected chi connectivity index (χ2v) is 3.18. The van der Waals surface area contributed by atoms with E-state index in [-0.39, 0.29) is 5.60 Å². The first-order valence-corrected chi connectivity index (χ1v) is 3.99. The van der Waals surface area contributed by atoms with Crippen molar-refractivity contribution in [1.82, 2.24) is 0 Å². The van der Waals surface area contributed by atoms with Gasteiger partial charge in [-0.25, -0.2) is 0 Å². The highest BCUT2D eigenvalue weighted by atomic mass is 16.3. The van der Waals surface area contributed by atoms with Gasteiger partial charge in [0.05, 0.1) is 5.60 Å². The van der Waals surface area contributed by atoms with Crippen LogP contribution in [0.4, 0.5) is 0 Å². The molecule has 0 unspecified atom stereocenters. The van der Waals surface area contributed by atoms with Crippen LogP contribution in [0.5, 0.6) is 0 Å². The van der Waals surface area contributed by atoms with E-state index in [4.69, 9.17) is 0 Å². The minimum absolute atomic E-state index is 0.255. The van der Waals surface area contributed by atoms with Gasteiger partial charge < -0.3 is 5.11 Å². The fourth-order valence-corrected chi connectivity index (χ4v) is 1.75. The molecule has 1 fully saturated rings. The highest BCUT2D eigenvalue weighted by molar-refractivity contribution is 4.83. The summed E-state index contributed by atoms with van der Waals surface area (Å²) in [7, 11) is 0. The maximum atomic E-state index is 9.69. The molecule has 1 nitrogen and oxygen atoms in total. The number of hydrogen-bond acceptors (Lipinski definition) is 1. The summed E-state index contributed by atoms with van der Waals surface area (Å²) in [6, 6.07) is 0. The number of aliphatic hydroxyl groups is 1. The SMILES string of the molecule is CCCC1(O)CCCC1. The zero-order chi connectivity index (χ0) is 6.74. The van der Waals surface area contributed by atoms with E-state index in [0.717, 1.165) is 25.7 Å². The van der Waals surface area contributed by atoms with E-state index in [9.17, 15) is 5.11 Å². The molecule has 1 aliphatic carbocycles.